The summed E-state index contributed by atoms with van der Waals surface area (Å²) in [7, 11) is -4.38. The molecule has 3 N–H and O–H groups in total. The summed E-state index contributed by atoms with van der Waals surface area (Å²) < 4.78 is 22.3. The third kappa shape index (κ3) is 7.46. The van der Waals surface area contributed by atoms with Crippen molar-refractivity contribution in [3.8, 4) is 11.1 Å². The molecule has 5 rings (SSSR count). The first-order valence-electron chi connectivity index (χ1n) is 16.9. The summed E-state index contributed by atoms with van der Waals surface area (Å²) in [5.74, 6) is -0.143. The molecule has 1 saturated heterocycles. The summed E-state index contributed by atoms with van der Waals surface area (Å²) in [5.41, 5.74) is 8.50. The van der Waals surface area contributed by atoms with Crippen LogP contribution >= 0.6 is 0 Å². The number of rotatable bonds is 9. The Labute approximate surface area is 291 Å². The fourth-order valence-corrected chi connectivity index (χ4v) is 7.85. The van der Waals surface area contributed by atoms with Gasteiger partial charge >= 0.3 is 0 Å². The first-order chi connectivity index (χ1) is 22.7. The van der Waals surface area contributed by atoms with E-state index in [1.165, 1.54) is 11.8 Å². The van der Waals surface area contributed by atoms with Crippen molar-refractivity contribution in [2.45, 2.75) is 110 Å². The van der Waals surface area contributed by atoms with Crippen molar-refractivity contribution in [1.29, 1.82) is 0 Å². The zero-order valence-electron chi connectivity index (χ0n) is 30.7. The molecule has 1 amide bonds. The molecule has 264 valence electrons. The van der Waals surface area contributed by atoms with Crippen LogP contribution in [0.15, 0.2) is 59.4 Å². The third-order valence-electron chi connectivity index (χ3n) is 10.4. The molecule has 0 unspecified atom stereocenters. The van der Waals surface area contributed by atoms with Crippen LogP contribution in [0.2, 0.25) is 36.3 Å². The van der Waals surface area contributed by atoms with Crippen molar-refractivity contribution in [3.63, 3.8) is 0 Å². The van der Waals surface area contributed by atoms with E-state index in [0.29, 0.717) is 18.7 Å². The maximum atomic E-state index is 13.5. The normalized spacial score (nSPS) is 19.0. The van der Waals surface area contributed by atoms with Gasteiger partial charge in [0.15, 0.2) is 27.8 Å². The Bertz CT molecular complexity index is 1860. The minimum absolute atomic E-state index is 0.00896. The Morgan fingerprint density at radius 2 is 1.55 bits per heavy atom. The largest absolute Gasteiger partial charge is 0.414 e. The number of nitrogens with zero attached hydrogens (tertiary/aromatic N) is 4. The molecular weight excluding hydrogens is 653 g/mol. The average molecular weight is 705 g/mol. The summed E-state index contributed by atoms with van der Waals surface area (Å²) in [6.45, 7) is 24.0. The van der Waals surface area contributed by atoms with Gasteiger partial charge in [-0.1, -0.05) is 84.0 Å². The summed E-state index contributed by atoms with van der Waals surface area (Å²) in [6.07, 6.45) is -0.962. The highest BCUT2D eigenvalue weighted by molar-refractivity contribution is 6.74. The zero-order valence-corrected chi connectivity index (χ0v) is 32.7. The third-order valence-corrected chi connectivity index (χ3v) is 19.4. The highest BCUT2D eigenvalue weighted by Gasteiger charge is 2.47. The molecule has 1 fully saturated rings. The van der Waals surface area contributed by atoms with Gasteiger partial charge in [-0.15, -0.1) is 0 Å². The van der Waals surface area contributed by atoms with Gasteiger partial charge in [-0.05, 0) is 59.5 Å². The number of carbonyl (C=O) groups is 1. The van der Waals surface area contributed by atoms with Gasteiger partial charge in [0.05, 0.1) is 18.4 Å². The molecule has 13 heteroatoms. The molecule has 0 radical (unpaired) electrons. The molecule has 49 heavy (non-hydrogen) atoms. The Balaban J connectivity index is 1.61. The van der Waals surface area contributed by atoms with E-state index < -0.39 is 34.5 Å². The number of aromatic nitrogens is 4. The molecule has 3 atom stereocenters. The van der Waals surface area contributed by atoms with Crippen molar-refractivity contribution in [1.82, 2.24) is 19.5 Å². The fraction of sp³-hybridized carbons (Fsp3) is 0.500. The topological polar surface area (TPSA) is 138 Å². The first-order valence-corrected chi connectivity index (χ1v) is 22.7. The second-order valence-corrected chi connectivity index (χ2v) is 25.6. The molecule has 0 spiro atoms. The molecule has 1 aliphatic heterocycles. The van der Waals surface area contributed by atoms with Crippen molar-refractivity contribution < 1.29 is 18.4 Å². The number of nitrogen functional groups attached to an aromatic ring is 1. The standard InChI is InChI=1S/C36H52N6O5Si2/c1-23(43)41(26-19-17-25(18-20-26)24-15-13-12-14-16-24)34-38-30-31(39-33(37)40-32(30)44)42(34)29-21-27(47-49(10,11)36(5,6)7)28(46-29)22-45-48(8,9)35(2,3)4/h12-20,27-29H,21-22H2,1-11H3,(H3,37,39,40,44)/t27-,28+,29+/m0/s1. The zero-order chi connectivity index (χ0) is 36.1. The summed E-state index contributed by atoms with van der Waals surface area (Å²) in [4.78, 5) is 40.0. The molecule has 1 aliphatic rings. The lowest BCUT2D eigenvalue weighted by molar-refractivity contribution is -0.116. The van der Waals surface area contributed by atoms with E-state index in [9.17, 15) is 9.59 Å². The first kappa shape index (κ1) is 36.6. The number of ether oxygens (including phenoxy) is 1. The smallest absolute Gasteiger partial charge is 0.280 e. The predicted octanol–water partition coefficient (Wildman–Crippen LogP) is 7.75. The molecule has 2 aromatic carbocycles. The van der Waals surface area contributed by atoms with Gasteiger partial charge in [0.1, 0.15) is 12.3 Å². The van der Waals surface area contributed by atoms with Crippen molar-refractivity contribution >= 4 is 51.3 Å². The van der Waals surface area contributed by atoms with E-state index >= 15 is 0 Å². The minimum atomic E-state index is -2.25. The van der Waals surface area contributed by atoms with Gasteiger partial charge in [0, 0.05) is 13.3 Å². The molecule has 4 aromatic rings. The van der Waals surface area contributed by atoms with Gasteiger partial charge in [-0.3, -0.25) is 24.0 Å². The Morgan fingerprint density at radius 3 is 2.12 bits per heavy atom. The lowest BCUT2D eigenvalue weighted by atomic mass is 10.1. The second kappa shape index (κ2) is 13.3. The average Bonchev–Trinajstić information content (AvgIpc) is 3.56. The number of nitrogens with one attached hydrogen (secondary N) is 1. The van der Waals surface area contributed by atoms with Crippen LogP contribution in [0.1, 0.15) is 61.1 Å². The van der Waals surface area contributed by atoms with Gasteiger partial charge in [0.25, 0.3) is 5.56 Å². The second-order valence-electron chi connectivity index (χ2n) is 16.0. The van der Waals surface area contributed by atoms with Crippen LogP contribution in [-0.2, 0) is 18.4 Å². The number of hydrogen-bond acceptors (Lipinski definition) is 8. The molecular formula is C36H52N6O5Si2. The highest BCUT2D eigenvalue weighted by atomic mass is 28.4. The van der Waals surface area contributed by atoms with E-state index in [-0.39, 0.29) is 45.1 Å². The Kier molecular flexibility index (Phi) is 9.91. The van der Waals surface area contributed by atoms with Crippen LogP contribution in [0.4, 0.5) is 17.6 Å². The van der Waals surface area contributed by atoms with Crippen LogP contribution < -0.4 is 16.2 Å². The lowest BCUT2D eigenvalue weighted by Gasteiger charge is -2.40. The van der Waals surface area contributed by atoms with E-state index in [1.807, 2.05) is 54.6 Å². The Hall–Kier alpha value is -3.63. The number of fused-ring (bicyclic) bond motifs is 1. The number of nitrogens with two attached hydrogens (primary N) is 1. The minimum Gasteiger partial charge on any atom is -0.414 e. The number of hydrogen-bond donors (Lipinski definition) is 2. The molecule has 0 saturated carbocycles. The maximum Gasteiger partial charge on any atom is 0.280 e. The maximum absolute atomic E-state index is 13.5. The van der Waals surface area contributed by atoms with Crippen LogP contribution in [0.3, 0.4) is 0 Å². The summed E-state index contributed by atoms with van der Waals surface area (Å²) >= 11 is 0. The summed E-state index contributed by atoms with van der Waals surface area (Å²) in [6, 6.07) is 17.7. The van der Waals surface area contributed by atoms with Crippen molar-refractivity contribution in [3.05, 3.63) is 65.0 Å². The number of aromatic amines is 1. The quantitative estimate of drug-likeness (QED) is 0.169. The van der Waals surface area contributed by atoms with Crippen LogP contribution in [-0.4, -0.2) is 60.9 Å². The lowest BCUT2D eigenvalue weighted by Crippen LogP contribution is -2.48. The van der Waals surface area contributed by atoms with Gasteiger partial charge in [0.2, 0.25) is 17.8 Å². The van der Waals surface area contributed by atoms with Crippen molar-refractivity contribution in [2.24, 2.45) is 0 Å². The Morgan fingerprint density at radius 1 is 0.959 bits per heavy atom. The van der Waals surface area contributed by atoms with E-state index in [2.05, 4.69) is 77.7 Å². The number of imidazole rings is 1. The number of amides is 1. The summed E-state index contributed by atoms with van der Waals surface area (Å²) in [5, 5.41) is -0.0293. The highest BCUT2D eigenvalue weighted by Crippen LogP contribution is 2.44. The number of H-pyrrole nitrogens is 1. The van der Waals surface area contributed by atoms with E-state index in [1.54, 1.807) is 4.57 Å². The molecule has 0 bridgehead atoms. The van der Waals surface area contributed by atoms with E-state index in [0.717, 1.165) is 11.1 Å². The van der Waals surface area contributed by atoms with E-state index in [4.69, 9.17) is 24.3 Å². The van der Waals surface area contributed by atoms with Gasteiger partial charge in [-0.2, -0.15) is 4.98 Å². The molecule has 2 aromatic heterocycles. The SMILES string of the molecule is CC(=O)N(c1ccc(-c2ccccc2)cc1)c1nc2c(=O)[nH]c(N)nc2n1[C@H]1C[C@H](O[Si](C)(C)C(C)(C)C)[C@@H](CO[Si](C)(C)C(C)(C)C)O1. The predicted molar refractivity (Wildman–Crippen MR) is 201 cm³/mol. The fourth-order valence-electron chi connectivity index (χ4n) is 5.48. The monoisotopic (exact) mass is 704 g/mol. The van der Waals surface area contributed by atoms with Crippen LogP contribution in [0.25, 0.3) is 22.3 Å². The number of benzene rings is 2. The number of anilines is 3. The number of carbonyl (C=O) groups excluding carboxylic acids is 1. The van der Waals surface area contributed by atoms with Gasteiger partial charge in [-0.25, -0.2) is 4.98 Å². The molecule has 0 aliphatic carbocycles. The molecule has 3 heterocycles. The van der Waals surface area contributed by atoms with Crippen molar-refractivity contribution in [2.75, 3.05) is 17.2 Å². The van der Waals surface area contributed by atoms with Crippen LogP contribution in [0.5, 0.6) is 0 Å². The van der Waals surface area contributed by atoms with Gasteiger partial charge < -0.3 is 19.3 Å². The molecule has 11 nitrogen and oxygen atoms in total. The van der Waals surface area contributed by atoms with Crippen LogP contribution in [0, 0.1) is 0 Å².